The summed E-state index contributed by atoms with van der Waals surface area (Å²) in [5.41, 5.74) is 5.46. The van der Waals surface area contributed by atoms with Crippen molar-refractivity contribution in [2.24, 2.45) is 5.92 Å². The Morgan fingerprint density at radius 1 is 1.00 bits per heavy atom. The van der Waals surface area contributed by atoms with Gasteiger partial charge in [-0.15, -0.1) is 0 Å². The SMILES string of the molecule is Cc1ccc(-n2cc(-c3ccccc3)nc2NC(=O)CN(CC2CC2)C(=O)c2ccc(Cl)cc2)cc1C. The highest BCUT2D eigenvalue weighted by atomic mass is 35.5. The molecule has 1 aromatic heterocycles. The third-order valence-electron chi connectivity index (χ3n) is 6.68. The van der Waals surface area contributed by atoms with E-state index < -0.39 is 0 Å². The lowest BCUT2D eigenvalue weighted by molar-refractivity contribution is -0.117. The molecule has 0 radical (unpaired) electrons. The Bertz CT molecular complexity index is 1430. The number of nitrogens with zero attached hydrogens (tertiary/aromatic N) is 3. The van der Waals surface area contributed by atoms with E-state index in [1.807, 2.05) is 47.2 Å². The van der Waals surface area contributed by atoms with Gasteiger partial charge in [-0.3, -0.25) is 19.5 Å². The number of hydrogen-bond acceptors (Lipinski definition) is 3. The first-order valence-electron chi connectivity index (χ1n) is 12.4. The highest BCUT2D eigenvalue weighted by Gasteiger charge is 2.29. The van der Waals surface area contributed by atoms with Gasteiger partial charge in [0, 0.05) is 34.6 Å². The van der Waals surface area contributed by atoms with E-state index >= 15 is 0 Å². The Hall–Kier alpha value is -3.90. The van der Waals surface area contributed by atoms with Gasteiger partial charge in [-0.05, 0) is 80.1 Å². The van der Waals surface area contributed by atoms with Crippen molar-refractivity contribution in [3.63, 3.8) is 0 Å². The van der Waals surface area contributed by atoms with Crippen LogP contribution in [-0.2, 0) is 4.79 Å². The second kappa shape index (κ2) is 10.6. The normalized spacial score (nSPS) is 12.8. The molecule has 6 nitrogen and oxygen atoms in total. The molecule has 1 N–H and O–H groups in total. The molecular formula is C30H29ClN4O2. The molecule has 4 aromatic rings. The Balaban J connectivity index is 1.41. The van der Waals surface area contributed by atoms with Crippen molar-refractivity contribution in [1.29, 1.82) is 0 Å². The molecule has 188 valence electrons. The number of hydrogen-bond donors (Lipinski definition) is 1. The largest absolute Gasteiger partial charge is 0.329 e. The molecule has 1 aliphatic carbocycles. The van der Waals surface area contributed by atoms with E-state index in [1.54, 1.807) is 29.2 Å². The number of aryl methyl sites for hydroxylation is 2. The first-order valence-corrected chi connectivity index (χ1v) is 12.8. The van der Waals surface area contributed by atoms with Crippen molar-refractivity contribution in [2.75, 3.05) is 18.4 Å². The number of rotatable bonds is 8. The van der Waals surface area contributed by atoms with Gasteiger partial charge in [0.05, 0.1) is 5.69 Å². The van der Waals surface area contributed by atoms with Crippen molar-refractivity contribution in [3.8, 4) is 16.9 Å². The highest BCUT2D eigenvalue weighted by molar-refractivity contribution is 6.30. The van der Waals surface area contributed by atoms with Gasteiger partial charge in [-0.1, -0.05) is 48.0 Å². The molecule has 1 fully saturated rings. The summed E-state index contributed by atoms with van der Waals surface area (Å²) in [5, 5.41) is 3.54. The van der Waals surface area contributed by atoms with E-state index in [0.717, 1.165) is 35.3 Å². The number of carbonyl (C=O) groups excluding carboxylic acids is 2. The van der Waals surface area contributed by atoms with Crippen LogP contribution >= 0.6 is 11.6 Å². The van der Waals surface area contributed by atoms with Crippen LogP contribution in [0.2, 0.25) is 5.02 Å². The lowest BCUT2D eigenvalue weighted by Gasteiger charge is -2.22. The van der Waals surface area contributed by atoms with Crippen LogP contribution in [0.15, 0.2) is 79.0 Å². The van der Waals surface area contributed by atoms with E-state index in [1.165, 1.54) is 5.56 Å². The number of anilines is 1. The molecular weight excluding hydrogens is 484 g/mol. The number of amides is 2. The third-order valence-corrected chi connectivity index (χ3v) is 6.94. The van der Waals surface area contributed by atoms with Gasteiger partial charge in [-0.2, -0.15) is 0 Å². The number of halogens is 1. The number of aromatic nitrogens is 2. The Kier molecular flexibility index (Phi) is 7.10. The van der Waals surface area contributed by atoms with Crippen molar-refractivity contribution in [3.05, 3.63) is 101 Å². The van der Waals surface area contributed by atoms with E-state index in [9.17, 15) is 9.59 Å². The maximum absolute atomic E-state index is 13.3. The van der Waals surface area contributed by atoms with Crippen LogP contribution < -0.4 is 5.32 Å². The summed E-state index contributed by atoms with van der Waals surface area (Å²) in [6.07, 6.45) is 4.07. The lowest BCUT2D eigenvalue weighted by Crippen LogP contribution is -2.39. The molecule has 1 aliphatic rings. The van der Waals surface area contributed by atoms with Crippen molar-refractivity contribution in [1.82, 2.24) is 14.5 Å². The lowest BCUT2D eigenvalue weighted by atomic mass is 10.1. The predicted octanol–water partition coefficient (Wildman–Crippen LogP) is 6.30. The zero-order valence-corrected chi connectivity index (χ0v) is 21.7. The molecule has 0 aliphatic heterocycles. The van der Waals surface area contributed by atoms with Crippen LogP contribution in [0.1, 0.15) is 34.3 Å². The number of imidazole rings is 1. The van der Waals surface area contributed by atoms with Gasteiger partial charge >= 0.3 is 0 Å². The van der Waals surface area contributed by atoms with Gasteiger partial charge < -0.3 is 4.90 Å². The minimum absolute atomic E-state index is 0.0571. The molecule has 37 heavy (non-hydrogen) atoms. The van der Waals surface area contributed by atoms with Crippen LogP contribution in [0.3, 0.4) is 0 Å². The highest BCUT2D eigenvalue weighted by Crippen LogP contribution is 2.30. The molecule has 7 heteroatoms. The number of carbonyl (C=O) groups is 2. The van der Waals surface area contributed by atoms with Crippen molar-refractivity contribution < 1.29 is 9.59 Å². The van der Waals surface area contributed by atoms with Gasteiger partial charge in [0.25, 0.3) is 5.91 Å². The van der Waals surface area contributed by atoms with Crippen LogP contribution in [0.25, 0.3) is 16.9 Å². The first-order chi connectivity index (χ1) is 17.9. The number of nitrogens with one attached hydrogen (secondary N) is 1. The second-order valence-corrected chi connectivity index (χ2v) is 10.1. The van der Waals surface area contributed by atoms with Crippen LogP contribution in [0, 0.1) is 19.8 Å². The number of benzene rings is 3. The summed E-state index contributed by atoms with van der Waals surface area (Å²) in [7, 11) is 0. The molecule has 0 atom stereocenters. The van der Waals surface area contributed by atoms with Crippen LogP contribution in [0.4, 0.5) is 5.95 Å². The zero-order chi connectivity index (χ0) is 25.9. The smallest absolute Gasteiger partial charge is 0.254 e. The van der Waals surface area contributed by atoms with E-state index in [-0.39, 0.29) is 18.4 Å². The quantitative estimate of drug-likeness (QED) is 0.301. The molecule has 1 heterocycles. The van der Waals surface area contributed by atoms with Gasteiger partial charge in [-0.25, -0.2) is 4.98 Å². The molecule has 0 saturated heterocycles. The predicted molar refractivity (Wildman–Crippen MR) is 147 cm³/mol. The summed E-state index contributed by atoms with van der Waals surface area (Å²) in [5.74, 6) is 0.378. The van der Waals surface area contributed by atoms with Crippen molar-refractivity contribution in [2.45, 2.75) is 26.7 Å². The molecule has 5 rings (SSSR count). The summed E-state index contributed by atoms with van der Waals surface area (Å²) in [6, 6.07) is 22.8. The minimum atomic E-state index is -0.293. The fourth-order valence-corrected chi connectivity index (χ4v) is 4.36. The average molecular weight is 513 g/mol. The maximum atomic E-state index is 13.3. The first kappa shape index (κ1) is 24.8. The summed E-state index contributed by atoms with van der Waals surface area (Å²) >= 11 is 6.00. The second-order valence-electron chi connectivity index (χ2n) is 9.64. The molecule has 2 amide bonds. The maximum Gasteiger partial charge on any atom is 0.254 e. The molecule has 3 aromatic carbocycles. The summed E-state index contributed by atoms with van der Waals surface area (Å²) in [4.78, 5) is 32.9. The Morgan fingerprint density at radius 3 is 2.41 bits per heavy atom. The Labute approximate surface area is 221 Å². The standard InChI is InChI=1S/C30H29ClN4O2/c1-20-8-15-26(16-21(20)2)35-18-27(23-6-4-3-5-7-23)32-30(35)33-28(36)19-34(17-22-9-10-22)29(37)24-11-13-25(31)14-12-24/h3-8,11-16,18,22H,9-10,17,19H2,1-2H3,(H,32,33,36). The minimum Gasteiger partial charge on any atom is -0.329 e. The van der Waals surface area contributed by atoms with E-state index in [2.05, 4.69) is 31.3 Å². The molecule has 0 bridgehead atoms. The summed E-state index contributed by atoms with van der Waals surface area (Å²) < 4.78 is 1.89. The van der Waals surface area contributed by atoms with E-state index in [0.29, 0.717) is 29.0 Å². The summed E-state index contributed by atoms with van der Waals surface area (Å²) in [6.45, 7) is 4.62. The topological polar surface area (TPSA) is 67.2 Å². The monoisotopic (exact) mass is 512 g/mol. The van der Waals surface area contributed by atoms with Crippen LogP contribution in [0.5, 0.6) is 0 Å². The van der Waals surface area contributed by atoms with E-state index in [4.69, 9.17) is 16.6 Å². The average Bonchev–Trinajstić information content (AvgIpc) is 3.62. The molecule has 0 spiro atoms. The van der Waals surface area contributed by atoms with Gasteiger partial charge in [0.1, 0.15) is 6.54 Å². The van der Waals surface area contributed by atoms with Gasteiger partial charge in [0.2, 0.25) is 11.9 Å². The fraction of sp³-hybridized carbons (Fsp3) is 0.233. The molecule has 0 unspecified atom stereocenters. The molecule has 1 saturated carbocycles. The van der Waals surface area contributed by atoms with Gasteiger partial charge in [0.15, 0.2) is 0 Å². The zero-order valence-electron chi connectivity index (χ0n) is 20.9. The third kappa shape index (κ3) is 5.92. The Morgan fingerprint density at radius 2 is 1.73 bits per heavy atom. The van der Waals surface area contributed by atoms with Crippen molar-refractivity contribution >= 4 is 29.4 Å². The van der Waals surface area contributed by atoms with Crippen LogP contribution in [-0.4, -0.2) is 39.4 Å². The fourth-order valence-electron chi connectivity index (χ4n) is 4.23.